The minimum absolute atomic E-state index is 0.0753. The van der Waals surface area contributed by atoms with Crippen molar-refractivity contribution in [2.45, 2.75) is 24.1 Å². The smallest absolute Gasteiger partial charge is 0.175 e. The molecule has 100 valence electrons. The molecule has 0 fully saturated rings. The van der Waals surface area contributed by atoms with E-state index >= 15 is 0 Å². The molecule has 0 amide bonds. The van der Waals surface area contributed by atoms with Gasteiger partial charge in [0, 0.05) is 17.6 Å². The molecule has 0 aliphatic carbocycles. The average Bonchev–Trinajstić information content (AvgIpc) is 2.66. The minimum atomic E-state index is -0.173. The molecule has 19 heavy (non-hydrogen) atoms. The lowest BCUT2D eigenvalue weighted by Gasteiger charge is -2.10. The number of ketones is 1. The summed E-state index contributed by atoms with van der Waals surface area (Å²) in [4.78, 5) is 12.3. The van der Waals surface area contributed by atoms with Crippen LogP contribution in [0.25, 0.3) is 0 Å². The summed E-state index contributed by atoms with van der Waals surface area (Å²) in [5.41, 5.74) is 1.60. The Morgan fingerprint density at radius 2 is 2.16 bits per heavy atom. The number of aryl methyl sites for hydroxylation is 2. The maximum absolute atomic E-state index is 12.3. The summed E-state index contributed by atoms with van der Waals surface area (Å²) in [6.07, 6.45) is 0. The molecule has 0 spiro atoms. The molecule has 0 radical (unpaired) electrons. The third kappa shape index (κ3) is 3.39. The zero-order chi connectivity index (χ0) is 14.0. The van der Waals surface area contributed by atoms with Gasteiger partial charge >= 0.3 is 0 Å². The molecule has 3 nitrogen and oxygen atoms in total. The molecule has 0 saturated heterocycles. The van der Waals surface area contributed by atoms with Crippen molar-refractivity contribution in [3.8, 4) is 0 Å². The van der Waals surface area contributed by atoms with Crippen LogP contribution in [0.1, 0.15) is 23.0 Å². The molecule has 2 aromatic rings. The Balaban J connectivity index is 2.14. The van der Waals surface area contributed by atoms with Crippen LogP contribution < -0.4 is 0 Å². The van der Waals surface area contributed by atoms with Gasteiger partial charge in [0.05, 0.1) is 16.0 Å². The molecule has 1 unspecified atom stereocenters. The van der Waals surface area contributed by atoms with Gasteiger partial charge in [-0.15, -0.1) is 0 Å². The summed E-state index contributed by atoms with van der Waals surface area (Å²) in [6, 6.07) is 9.03. The van der Waals surface area contributed by atoms with E-state index in [1.54, 1.807) is 28.9 Å². The number of benzene rings is 1. The fourth-order valence-corrected chi connectivity index (χ4v) is 3.04. The molecular weight excluding hydrogens is 280 g/mol. The SMILES string of the molecule is Cc1cc(SC(C)C(=O)c2cccc(Cl)c2)n(C)n1. The van der Waals surface area contributed by atoms with Gasteiger partial charge in [-0.25, -0.2) is 0 Å². The van der Waals surface area contributed by atoms with E-state index in [0.29, 0.717) is 10.6 Å². The maximum Gasteiger partial charge on any atom is 0.175 e. The topological polar surface area (TPSA) is 34.9 Å². The zero-order valence-corrected chi connectivity index (χ0v) is 12.6. The van der Waals surface area contributed by atoms with Gasteiger partial charge in [0.25, 0.3) is 0 Å². The first-order valence-electron chi connectivity index (χ1n) is 5.94. The first-order valence-corrected chi connectivity index (χ1v) is 7.20. The van der Waals surface area contributed by atoms with E-state index in [2.05, 4.69) is 5.10 Å². The predicted octanol–water partition coefficient (Wildman–Crippen LogP) is 3.75. The van der Waals surface area contributed by atoms with E-state index in [1.807, 2.05) is 27.0 Å². The lowest BCUT2D eigenvalue weighted by molar-refractivity contribution is 0.0994. The number of carbonyl (C=O) groups excluding carboxylic acids is 1. The number of thioether (sulfide) groups is 1. The molecule has 0 saturated carbocycles. The van der Waals surface area contributed by atoms with Crippen LogP contribution in [0.2, 0.25) is 5.02 Å². The van der Waals surface area contributed by atoms with Crippen molar-refractivity contribution in [3.05, 3.63) is 46.6 Å². The summed E-state index contributed by atoms with van der Waals surface area (Å²) in [5, 5.41) is 5.67. The van der Waals surface area contributed by atoms with Crippen LogP contribution in [0.4, 0.5) is 0 Å². The van der Waals surface area contributed by atoms with Crippen molar-refractivity contribution in [2.24, 2.45) is 7.05 Å². The summed E-state index contributed by atoms with van der Waals surface area (Å²) in [7, 11) is 1.88. The summed E-state index contributed by atoms with van der Waals surface area (Å²) < 4.78 is 1.79. The second kappa shape index (κ2) is 5.80. The lowest BCUT2D eigenvalue weighted by Crippen LogP contribution is -2.14. The van der Waals surface area contributed by atoms with Gasteiger partial charge < -0.3 is 0 Å². The highest BCUT2D eigenvalue weighted by molar-refractivity contribution is 8.00. The molecule has 1 aromatic heterocycles. The Morgan fingerprint density at radius 3 is 2.74 bits per heavy atom. The van der Waals surface area contributed by atoms with Crippen LogP contribution in [0.3, 0.4) is 0 Å². The third-order valence-electron chi connectivity index (χ3n) is 2.73. The van der Waals surface area contributed by atoms with Crippen molar-refractivity contribution in [1.82, 2.24) is 9.78 Å². The summed E-state index contributed by atoms with van der Waals surface area (Å²) >= 11 is 7.42. The number of hydrogen-bond acceptors (Lipinski definition) is 3. The number of Topliss-reactive ketones (excluding diaryl/α,β-unsaturated/α-hetero) is 1. The van der Waals surface area contributed by atoms with E-state index in [1.165, 1.54) is 11.8 Å². The maximum atomic E-state index is 12.3. The summed E-state index contributed by atoms with van der Waals surface area (Å²) in [6.45, 7) is 3.84. The number of rotatable bonds is 4. The van der Waals surface area contributed by atoms with Crippen LogP contribution >= 0.6 is 23.4 Å². The van der Waals surface area contributed by atoms with Gasteiger partial charge in [0.1, 0.15) is 0 Å². The lowest BCUT2D eigenvalue weighted by atomic mass is 10.1. The van der Waals surface area contributed by atoms with Crippen LogP contribution in [0.15, 0.2) is 35.4 Å². The number of hydrogen-bond donors (Lipinski definition) is 0. The molecule has 5 heteroatoms. The van der Waals surface area contributed by atoms with Gasteiger partial charge in [-0.2, -0.15) is 5.10 Å². The van der Waals surface area contributed by atoms with Gasteiger partial charge in [-0.1, -0.05) is 35.5 Å². The molecule has 1 heterocycles. The third-order valence-corrected chi connectivity index (χ3v) is 4.16. The second-order valence-corrected chi connectivity index (χ2v) is 6.18. The highest BCUT2D eigenvalue weighted by atomic mass is 35.5. The van der Waals surface area contributed by atoms with Gasteiger partial charge in [0.2, 0.25) is 0 Å². The minimum Gasteiger partial charge on any atom is -0.293 e. The van der Waals surface area contributed by atoms with Crippen LogP contribution in [-0.4, -0.2) is 20.8 Å². The normalized spacial score (nSPS) is 12.4. The molecule has 2 rings (SSSR count). The molecule has 0 N–H and O–H groups in total. The standard InChI is InChI=1S/C14H15ClN2OS/c1-9-7-13(17(3)16-9)19-10(2)14(18)11-5-4-6-12(15)8-11/h4-8,10H,1-3H3. The van der Waals surface area contributed by atoms with Crippen LogP contribution in [0.5, 0.6) is 0 Å². The van der Waals surface area contributed by atoms with E-state index in [0.717, 1.165) is 10.7 Å². The molecular formula is C14H15ClN2OS. The fourth-order valence-electron chi connectivity index (χ4n) is 1.81. The van der Waals surface area contributed by atoms with Crippen molar-refractivity contribution < 1.29 is 4.79 Å². The largest absolute Gasteiger partial charge is 0.293 e. The van der Waals surface area contributed by atoms with E-state index in [-0.39, 0.29) is 11.0 Å². The Bertz CT molecular complexity index is 609. The van der Waals surface area contributed by atoms with E-state index in [9.17, 15) is 4.79 Å². The van der Waals surface area contributed by atoms with Crippen molar-refractivity contribution >= 4 is 29.1 Å². The van der Waals surface area contributed by atoms with Crippen molar-refractivity contribution in [3.63, 3.8) is 0 Å². The van der Waals surface area contributed by atoms with Gasteiger partial charge in [-0.05, 0) is 32.0 Å². The first kappa shape index (κ1) is 14.2. The Kier molecular flexibility index (Phi) is 4.32. The van der Waals surface area contributed by atoms with Crippen molar-refractivity contribution in [2.75, 3.05) is 0 Å². The Labute approximate surface area is 122 Å². The Hall–Kier alpha value is -1.26. The molecule has 0 aliphatic heterocycles. The number of nitrogens with zero attached hydrogens (tertiary/aromatic N) is 2. The fraction of sp³-hybridized carbons (Fsp3) is 0.286. The van der Waals surface area contributed by atoms with Gasteiger partial charge in [-0.3, -0.25) is 9.48 Å². The quantitative estimate of drug-likeness (QED) is 0.636. The predicted molar refractivity (Wildman–Crippen MR) is 79.0 cm³/mol. The molecule has 0 aliphatic rings. The first-order chi connectivity index (χ1) is 8.97. The second-order valence-electron chi connectivity index (χ2n) is 4.38. The number of aromatic nitrogens is 2. The highest BCUT2D eigenvalue weighted by Crippen LogP contribution is 2.26. The molecule has 1 aromatic carbocycles. The van der Waals surface area contributed by atoms with E-state index < -0.39 is 0 Å². The monoisotopic (exact) mass is 294 g/mol. The average molecular weight is 295 g/mol. The van der Waals surface area contributed by atoms with Crippen LogP contribution in [0, 0.1) is 6.92 Å². The van der Waals surface area contributed by atoms with Crippen molar-refractivity contribution in [1.29, 1.82) is 0 Å². The number of carbonyl (C=O) groups is 1. The summed E-state index contributed by atoms with van der Waals surface area (Å²) in [5.74, 6) is 0.0753. The Morgan fingerprint density at radius 1 is 1.42 bits per heavy atom. The van der Waals surface area contributed by atoms with E-state index in [4.69, 9.17) is 11.6 Å². The zero-order valence-electron chi connectivity index (χ0n) is 11.1. The molecule has 1 atom stereocenters. The van der Waals surface area contributed by atoms with Crippen LogP contribution in [-0.2, 0) is 7.05 Å². The molecule has 0 bridgehead atoms. The van der Waals surface area contributed by atoms with Gasteiger partial charge in [0.15, 0.2) is 5.78 Å². The highest BCUT2D eigenvalue weighted by Gasteiger charge is 2.18. The number of halogens is 1.